The van der Waals surface area contributed by atoms with Gasteiger partial charge in [0.15, 0.2) is 0 Å². The summed E-state index contributed by atoms with van der Waals surface area (Å²) in [5, 5.41) is 4.20. The third kappa shape index (κ3) is 1.40. The average molecular weight is 214 g/mol. The highest BCUT2D eigenvalue weighted by Gasteiger charge is 2.21. The summed E-state index contributed by atoms with van der Waals surface area (Å²) in [6.45, 7) is 0. The van der Waals surface area contributed by atoms with Crippen LogP contribution < -0.4 is 5.32 Å². The summed E-state index contributed by atoms with van der Waals surface area (Å²) in [6.07, 6.45) is 3.81. The van der Waals surface area contributed by atoms with E-state index in [0.717, 1.165) is 25.7 Å². The van der Waals surface area contributed by atoms with E-state index in [1.165, 1.54) is 22.2 Å². The van der Waals surface area contributed by atoms with E-state index in [1.807, 2.05) is 6.07 Å². The number of carbonyl (C=O) groups excluding carboxylic acids is 1. The first kappa shape index (κ1) is 9.46. The Kier molecular flexibility index (Phi) is 2.17. The van der Waals surface area contributed by atoms with E-state index in [9.17, 15) is 4.79 Å². The lowest BCUT2D eigenvalue weighted by atomic mass is 9.92. The van der Waals surface area contributed by atoms with Gasteiger partial charge >= 0.3 is 0 Å². The van der Waals surface area contributed by atoms with Crippen molar-refractivity contribution in [3.05, 3.63) is 35.5 Å². The number of amides is 1. The molecular formula is C13H14N2O. The molecule has 2 N–H and O–H groups in total. The molecule has 1 aliphatic rings. The highest BCUT2D eigenvalue weighted by molar-refractivity contribution is 5.84. The number of nitrogens with one attached hydrogen (secondary N) is 2. The summed E-state index contributed by atoms with van der Waals surface area (Å²) in [5.74, 6) is 0. The van der Waals surface area contributed by atoms with Gasteiger partial charge in [-0.2, -0.15) is 0 Å². The minimum absolute atomic E-state index is 0.290. The van der Waals surface area contributed by atoms with E-state index in [0.29, 0.717) is 0 Å². The number of para-hydroxylation sites is 1. The summed E-state index contributed by atoms with van der Waals surface area (Å²) in [5.41, 5.74) is 3.92. The Morgan fingerprint density at radius 2 is 2.25 bits per heavy atom. The first-order valence-electron chi connectivity index (χ1n) is 5.66. The van der Waals surface area contributed by atoms with Gasteiger partial charge in [0.05, 0.1) is 0 Å². The van der Waals surface area contributed by atoms with Crippen LogP contribution in [0.5, 0.6) is 0 Å². The fourth-order valence-corrected chi connectivity index (χ4v) is 2.62. The largest absolute Gasteiger partial charge is 0.358 e. The molecule has 1 amide bonds. The summed E-state index contributed by atoms with van der Waals surface area (Å²) in [4.78, 5) is 13.9. The third-order valence-electron chi connectivity index (χ3n) is 3.40. The molecule has 3 rings (SSSR count). The number of aromatic amines is 1. The predicted octanol–water partition coefficient (Wildman–Crippen LogP) is 1.77. The van der Waals surface area contributed by atoms with Crippen molar-refractivity contribution in [3.8, 4) is 0 Å². The van der Waals surface area contributed by atoms with Gasteiger partial charge in [0, 0.05) is 29.1 Å². The van der Waals surface area contributed by atoms with Crippen LogP contribution in [0.15, 0.2) is 24.3 Å². The van der Waals surface area contributed by atoms with Gasteiger partial charge in [0.1, 0.15) is 0 Å². The van der Waals surface area contributed by atoms with Crippen molar-refractivity contribution in [1.82, 2.24) is 10.3 Å². The van der Waals surface area contributed by atoms with Crippen molar-refractivity contribution in [3.63, 3.8) is 0 Å². The Morgan fingerprint density at radius 1 is 1.38 bits per heavy atom. The van der Waals surface area contributed by atoms with Gasteiger partial charge in [-0.05, 0) is 24.5 Å². The Labute approximate surface area is 93.9 Å². The Morgan fingerprint density at radius 3 is 3.12 bits per heavy atom. The highest BCUT2D eigenvalue weighted by Crippen LogP contribution is 2.28. The second-order valence-corrected chi connectivity index (χ2v) is 4.35. The monoisotopic (exact) mass is 214 g/mol. The molecule has 1 unspecified atom stereocenters. The quantitative estimate of drug-likeness (QED) is 0.735. The van der Waals surface area contributed by atoms with Crippen molar-refractivity contribution in [2.75, 3.05) is 0 Å². The zero-order valence-electron chi connectivity index (χ0n) is 8.99. The van der Waals surface area contributed by atoms with Crippen LogP contribution in [0.25, 0.3) is 10.9 Å². The molecule has 82 valence electrons. The standard InChI is InChI=1S/C13H14N2O/c16-8-14-9-5-6-11-10-3-1-2-4-12(10)15-13(11)7-9/h1-4,8-9,15H,5-7H2,(H,14,16). The normalized spacial score (nSPS) is 19.4. The molecular weight excluding hydrogens is 200 g/mol. The number of fused-ring (bicyclic) bond motifs is 3. The summed E-state index contributed by atoms with van der Waals surface area (Å²) in [6, 6.07) is 8.68. The molecule has 0 spiro atoms. The van der Waals surface area contributed by atoms with Gasteiger partial charge in [0.2, 0.25) is 6.41 Å². The molecule has 2 aromatic rings. The Bertz CT molecular complexity index is 530. The van der Waals surface area contributed by atoms with Gasteiger partial charge in [-0.25, -0.2) is 0 Å². The Balaban J connectivity index is 2.02. The van der Waals surface area contributed by atoms with Gasteiger partial charge in [-0.1, -0.05) is 18.2 Å². The van der Waals surface area contributed by atoms with Crippen LogP contribution in [0.1, 0.15) is 17.7 Å². The van der Waals surface area contributed by atoms with Crippen LogP contribution in [0, 0.1) is 0 Å². The summed E-state index contributed by atoms with van der Waals surface area (Å²) in [7, 11) is 0. The van der Waals surface area contributed by atoms with E-state index in [4.69, 9.17) is 0 Å². The number of rotatable bonds is 2. The lowest BCUT2D eigenvalue weighted by molar-refractivity contribution is -0.110. The molecule has 0 bridgehead atoms. The molecule has 1 aromatic heterocycles. The van der Waals surface area contributed by atoms with E-state index in [2.05, 4.69) is 28.5 Å². The zero-order chi connectivity index (χ0) is 11.0. The zero-order valence-corrected chi connectivity index (χ0v) is 8.99. The lowest BCUT2D eigenvalue weighted by Gasteiger charge is -2.21. The third-order valence-corrected chi connectivity index (χ3v) is 3.40. The lowest BCUT2D eigenvalue weighted by Crippen LogP contribution is -2.33. The van der Waals surface area contributed by atoms with E-state index >= 15 is 0 Å². The molecule has 0 aliphatic heterocycles. The summed E-state index contributed by atoms with van der Waals surface area (Å²) >= 11 is 0. The smallest absolute Gasteiger partial charge is 0.207 e. The maximum absolute atomic E-state index is 10.4. The molecule has 1 heterocycles. The maximum atomic E-state index is 10.4. The maximum Gasteiger partial charge on any atom is 0.207 e. The van der Waals surface area contributed by atoms with Gasteiger partial charge < -0.3 is 10.3 Å². The molecule has 3 heteroatoms. The number of aryl methyl sites for hydroxylation is 1. The minimum Gasteiger partial charge on any atom is -0.358 e. The highest BCUT2D eigenvalue weighted by atomic mass is 16.1. The van der Waals surface area contributed by atoms with Crippen molar-refractivity contribution in [2.24, 2.45) is 0 Å². The Hall–Kier alpha value is -1.77. The van der Waals surface area contributed by atoms with E-state index in [1.54, 1.807) is 0 Å². The number of benzene rings is 1. The predicted molar refractivity (Wildman–Crippen MR) is 63.3 cm³/mol. The molecule has 0 radical (unpaired) electrons. The van der Waals surface area contributed by atoms with Crippen molar-refractivity contribution in [1.29, 1.82) is 0 Å². The number of aromatic nitrogens is 1. The fourth-order valence-electron chi connectivity index (χ4n) is 2.62. The van der Waals surface area contributed by atoms with E-state index in [-0.39, 0.29) is 6.04 Å². The second-order valence-electron chi connectivity index (χ2n) is 4.35. The fraction of sp³-hybridized carbons (Fsp3) is 0.308. The van der Waals surface area contributed by atoms with Gasteiger partial charge in [-0.15, -0.1) is 0 Å². The number of hydrogen-bond donors (Lipinski definition) is 2. The number of carbonyl (C=O) groups is 1. The van der Waals surface area contributed by atoms with Crippen LogP contribution in [0.2, 0.25) is 0 Å². The SMILES string of the molecule is O=CNC1CCc2c([nH]c3ccccc23)C1. The molecule has 1 aromatic carbocycles. The molecule has 0 saturated carbocycles. The number of H-pyrrole nitrogens is 1. The van der Waals surface area contributed by atoms with Gasteiger partial charge in [-0.3, -0.25) is 4.79 Å². The van der Waals surface area contributed by atoms with Crippen LogP contribution in [-0.4, -0.2) is 17.4 Å². The minimum atomic E-state index is 0.290. The van der Waals surface area contributed by atoms with Gasteiger partial charge in [0.25, 0.3) is 0 Å². The second kappa shape index (κ2) is 3.67. The first-order valence-corrected chi connectivity index (χ1v) is 5.66. The molecule has 3 nitrogen and oxygen atoms in total. The van der Waals surface area contributed by atoms with Crippen molar-refractivity contribution < 1.29 is 4.79 Å². The summed E-state index contributed by atoms with van der Waals surface area (Å²) < 4.78 is 0. The molecule has 0 saturated heterocycles. The number of hydrogen-bond acceptors (Lipinski definition) is 1. The van der Waals surface area contributed by atoms with Crippen molar-refractivity contribution >= 4 is 17.3 Å². The first-order chi connectivity index (χ1) is 7.88. The van der Waals surface area contributed by atoms with Crippen LogP contribution in [0.3, 0.4) is 0 Å². The van der Waals surface area contributed by atoms with Crippen molar-refractivity contribution in [2.45, 2.75) is 25.3 Å². The topological polar surface area (TPSA) is 44.9 Å². The van der Waals surface area contributed by atoms with Crippen LogP contribution >= 0.6 is 0 Å². The molecule has 0 fully saturated rings. The molecule has 16 heavy (non-hydrogen) atoms. The average Bonchev–Trinajstić information content (AvgIpc) is 2.67. The van der Waals surface area contributed by atoms with E-state index < -0.39 is 0 Å². The molecule has 1 atom stereocenters. The van der Waals surface area contributed by atoms with Crippen LogP contribution in [0.4, 0.5) is 0 Å². The molecule has 1 aliphatic carbocycles. The van der Waals surface area contributed by atoms with Crippen LogP contribution in [-0.2, 0) is 17.6 Å².